The van der Waals surface area contributed by atoms with Gasteiger partial charge in [0, 0.05) is 7.11 Å². The number of benzene rings is 1. The molecule has 0 fully saturated rings. The molecule has 0 aromatic heterocycles. The first-order valence-electron chi connectivity index (χ1n) is 6.66. The Hall–Kier alpha value is -0.900. The van der Waals surface area contributed by atoms with E-state index in [1.807, 2.05) is 6.07 Å². The Balaban J connectivity index is 2.08. The minimum Gasteiger partial charge on any atom is -0.391 e. The van der Waals surface area contributed by atoms with E-state index in [0.29, 0.717) is 12.5 Å². The largest absolute Gasteiger partial charge is 0.391 e. The van der Waals surface area contributed by atoms with Gasteiger partial charge in [0.25, 0.3) is 0 Å². The van der Waals surface area contributed by atoms with Gasteiger partial charge >= 0.3 is 0 Å². The standard InChI is InChI=1S/C15H25NO2/c1-13(14-6-4-3-5-7-14)8-10-16-11-9-15(17)12-18-2/h3-7,13,15-17H,8-12H2,1-2H3. The van der Waals surface area contributed by atoms with Gasteiger partial charge in [-0.15, -0.1) is 0 Å². The minimum atomic E-state index is -0.353. The molecule has 0 saturated carbocycles. The lowest BCUT2D eigenvalue weighted by Gasteiger charge is -2.13. The molecule has 2 unspecified atom stereocenters. The lowest BCUT2D eigenvalue weighted by Crippen LogP contribution is -2.24. The smallest absolute Gasteiger partial charge is 0.0785 e. The van der Waals surface area contributed by atoms with Crippen molar-refractivity contribution in [1.29, 1.82) is 0 Å². The van der Waals surface area contributed by atoms with Crippen molar-refractivity contribution in [2.75, 3.05) is 26.8 Å². The maximum Gasteiger partial charge on any atom is 0.0785 e. The zero-order valence-corrected chi connectivity index (χ0v) is 11.4. The number of nitrogens with one attached hydrogen (secondary N) is 1. The molecule has 0 bridgehead atoms. The molecule has 1 aromatic carbocycles. The third-order valence-electron chi connectivity index (χ3n) is 3.14. The molecule has 2 N–H and O–H groups in total. The molecule has 102 valence electrons. The van der Waals surface area contributed by atoms with Gasteiger partial charge in [-0.1, -0.05) is 37.3 Å². The molecule has 1 aromatic rings. The summed E-state index contributed by atoms with van der Waals surface area (Å²) in [6, 6.07) is 10.6. The number of rotatable bonds is 9. The summed E-state index contributed by atoms with van der Waals surface area (Å²) >= 11 is 0. The molecular formula is C15H25NO2. The SMILES string of the molecule is COCC(O)CCNCCC(C)c1ccccc1. The van der Waals surface area contributed by atoms with E-state index in [4.69, 9.17) is 4.74 Å². The summed E-state index contributed by atoms with van der Waals surface area (Å²) < 4.78 is 4.88. The van der Waals surface area contributed by atoms with Crippen LogP contribution in [0, 0.1) is 0 Å². The first kappa shape index (κ1) is 15.2. The highest BCUT2D eigenvalue weighted by Gasteiger charge is 2.05. The van der Waals surface area contributed by atoms with Crippen LogP contribution in [0.25, 0.3) is 0 Å². The van der Waals surface area contributed by atoms with E-state index in [-0.39, 0.29) is 6.10 Å². The zero-order valence-electron chi connectivity index (χ0n) is 11.4. The molecule has 3 nitrogen and oxygen atoms in total. The maximum atomic E-state index is 9.47. The van der Waals surface area contributed by atoms with Crippen LogP contribution in [0.5, 0.6) is 0 Å². The third-order valence-corrected chi connectivity index (χ3v) is 3.14. The van der Waals surface area contributed by atoms with Crippen molar-refractivity contribution in [2.24, 2.45) is 0 Å². The second-order valence-electron chi connectivity index (χ2n) is 4.75. The Morgan fingerprint density at radius 2 is 1.83 bits per heavy atom. The van der Waals surface area contributed by atoms with Crippen LogP contribution in [-0.2, 0) is 4.74 Å². The second kappa shape index (κ2) is 9.09. The molecule has 0 saturated heterocycles. The molecule has 0 spiro atoms. The highest BCUT2D eigenvalue weighted by atomic mass is 16.5. The molecule has 0 aliphatic rings. The Morgan fingerprint density at radius 3 is 2.50 bits per heavy atom. The molecule has 0 aliphatic carbocycles. The molecule has 18 heavy (non-hydrogen) atoms. The Kier molecular flexibility index (Phi) is 7.65. The van der Waals surface area contributed by atoms with E-state index in [0.717, 1.165) is 25.9 Å². The van der Waals surface area contributed by atoms with Crippen molar-refractivity contribution in [1.82, 2.24) is 5.32 Å². The molecular weight excluding hydrogens is 226 g/mol. The van der Waals surface area contributed by atoms with Gasteiger partial charge < -0.3 is 15.2 Å². The molecule has 0 heterocycles. The zero-order chi connectivity index (χ0) is 13.2. The summed E-state index contributed by atoms with van der Waals surface area (Å²) in [6.45, 7) is 4.49. The van der Waals surface area contributed by atoms with Crippen LogP contribution >= 0.6 is 0 Å². The first-order valence-corrected chi connectivity index (χ1v) is 6.66. The molecule has 2 atom stereocenters. The second-order valence-corrected chi connectivity index (χ2v) is 4.75. The van der Waals surface area contributed by atoms with Gasteiger partial charge in [0.15, 0.2) is 0 Å². The predicted octanol–water partition coefficient (Wildman–Crippen LogP) is 2.17. The van der Waals surface area contributed by atoms with Crippen LogP contribution in [0.3, 0.4) is 0 Å². The van der Waals surface area contributed by atoms with Crippen molar-refractivity contribution in [2.45, 2.75) is 31.8 Å². The van der Waals surface area contributed by atoms with Crippen molar-refractivity contribution in [3.8, 4) is 0 Å². The van der Waals surface area contributed by atoms with Gasteiger partial charge in [-0.05, 0) is 37.4 Å². The van der Waals surface area contributed by atoms with E-state index in [1.54, 1.807) is 7.11 Å². The fraction of sp³-hybridized carbons (Fsp3) is 0.600. The summed E-state index contributed by atoms with van der Waals surface area (Å²) in [7, 11) is 1.61. The van der Waals surface area contributed by atoms with Crippen molar-refractivity contribution < 1.29 is 9.84 Å². The van der Waals surface area contributed by atoms with Crippen LogP contribution < -0.4 is 5.32 Å². The van der Waals surface area contributed by atoms with Gasteiger partial charge in [0.1, 0.15) is 0 Å². The highest BCUT2D eigenvalue weighted by Crippen LogP contribution is 2.17. The quantitative estimate of drug-likeness (QED) is 0.661. The van der Waals surface area contributed by atoms with E-state index in [2.05, 4.69) is 36.5 Å². The van der Waals surface area contributed by atoms with Gasteiger partial charge in [0.05, 0.1) is 12.7 Å². The van der Waals surface area contributed by atoms with Crippen LogP contribution in [0.15, 0.2) is 30.3 Å². The Labute approximate surface area is 110 Å². The normalized spacial score (nSPS) is 14.4. The van der Waals surface area contributed by atoms with Crippen LogP contribution in [0.4, 0.5) is 0 Å². The molecule has 0 amide bonds. The van der Waals surface area contributed by atoms with Gasteiger partial charge in [-0.2, -0.15) is 0 Å². The summed E-state index contributed by atoms with van der Waals surface area (Å²) in [5.41, 5.74) is 1.39. The van der Waals surface area contributed by atoms with E-state index in [1.165, 1.54) is 5.56 Å². The summed E-state index contributed by atoms with van der Waals surface area (Å²) in [5, 5.41) is 12.8. The van der Waals surface area contributed by atoms with Crippen LogP contribution in [-0.4, -0.2) is 38.0 Å². The predicted molar refractivity (Wildman–Crippen MR) is 74.8 cm³/mol. The summed E-state index contributed by atoms with van der Waals surface area (Å²) in [6.07, 6.45) is 1.51. The van der Waals surface area contributed by atoms with Crippen LogP contribution in [0.1, 0.15) is 31.2 Å². The molecule has 0 aliphatic heterocycles. The Morgan fingerprint density at radius 1 is 1.17 bits per heavy atom. The average Bonchev–Trinajstić information content (AvgIpc) is 2.39. The van der Waals surface area contributed by atoms with Gasteiger partial charge in [0.2, 0.25) is 0 Å². The van der Waals surface area contributed by atoms with E-state index in [9.17, 15) is 5.11 Å². The first-order chi connectivity index (χ1) is 8.74. The van der Waals surface area contributed by atoms with Gasteiger partial charge in [-0.3, -0.25) is 0 Å². The van der Waals surface area contributed by atoms with E-state index >= 15 is 0 Å². The topological polar surface area (TPSA) is 41.5 Å². The lowest BCUT2D eigenvalue weighted by atomic mass is 9.98. The number of methoxy groups -OCH3 is 1. The van der Waals surface area contributed by atoms with Crippen molar-refractivity contribution >= 4 is 0 Å². The fourth-order valence-electron chi connectivity index (χ4n) is 1.94. The monoisotopic (exact) mass is 251 g/mol. The lowest BCUT2D eigenvalue weighted by molar-refractivity contribution is 0.0594. The highest BCUT2D eigenvalue weighted by molar-refractivity contribution is 5.18. The van der Waals surface area contributed by atoms with Crippen molar-refractivity contribution in [3.63, 3.8) is 0 Å². The number of ether oxygens (including phenoxy) is 1. The molecule has 0 radical (unpaired) electrons. The summed E-state index contributed by atoms with van der Waals surface area (Å²) in [5.74, 6) is 0.572. The number of aliphatic hydroxyl groups excluding tert-OH is 1. The minimum absolute atomic E-state index is 0.353. The fourth-order valence-corrected chi connectivity index (χ4v) is 1.94. The maximum absolute atomic E-state index is 9.47. The number of hydrogen-bond donors (Lipinski definition) is 2. The molecule has 1 rings (SSSR count). The average molecular weight is 251 g/mol. The Bertz CT molecular complexity index is 303. The van der Waals surface area contributed by atoms with Crippen molar-refractivity contribution in [3.05, 3.63) is 35.9 Å². The molecule has 3 heteroatoms. The van der Waals surface area contributed by atoms with E-state index < -0.39 is 0 Å². The van der Waals surface area contributed by atoms with Crippen LogP contribution in [0.2, 0.25) is 0 Å². The number of hydrogen-bond acceptors (Lipinski definition) is 3. The third kappa shape index (κ3) is 6.15. The van der Waals surface area contributed by atoms with Gasteiger partial charge in [-0.25, -0.2) is 0 Å². The number of aliphatic hydroxyl groups is 1. The summed E-state index contributed by atoms with van der Waals surface area (Å²) in [4.78, 5) is 0.